The van der Waals surface area contributed by atoms with Crippen molar-refractivity contribution in [2.24, 2.45) is 0 Å². The van der Waals surface area contributed by atoms with E-state index in [0.29, 0.717) is 24.6 Å². The Labute approximate surface area is 111 Å². The summed E-state index contributed by atoms with van der Waals surface area (Å²) in [6, 6.07) is 0. The van der Waals surface area contributed by atoms with Gasteiger partial charge in [0.15, 0.2) is 5.82 Å². The molecule has 7 heteroatoms. The SMILES string of the molecule is CCOC(=O)CN(CC)c1nccn2c(C)nnc12. The normalized spacial score (nSPS) is 10.7. The lowest BCUT2D eigenvalue weighted by Crippen LogP contribution is -2.32. The summed E-state index contributed by atoms with van der Waals surface area (Å²) in [6.07, 6.45) is 3.47. The number of aromatic nitrogens is 4. The van der Waals surface area contributed by atoms with E-state index in [1.54, 1.807) is 19.3 Å². The number of nitrogens with zero attached hydrogens (tertiary/aromatic N) is 5. The number of hydrogen-bond acceptors (Lipinski definition) is 6. The Kier molecular flexibility index (Phi) is 3.94. The van der Waals surface area contributed by atoms with Gasteiger partial charge in [0.1, 0.15) is 12.4 Å². The van der Waals surface area contributed by atoms with Gasteiger partial charge in [0.25, 0.3) is 0 Å². The number of anilines is 1. The molecule has 0 aliphatic rings. The van der Waals surface area contributed by atoms with Gasteiger partial charge in [-0.15, -0.1) is 10.2 Å². The van der Waals surface area contributed by atoms with Gasteiger partial charge in [0.05, 0.1) is 6.61 Å². The highest BCUT2D eigenvalue weighted by atomic mass is 16.5. The fourth-order valence-corrected chi connectivity index (χ4v) is 1.85. The highest BCUT2D eigenvalue weighted by Gasteiger charge is 2.17. The topological polar surface area (TPSA) is 72.6 Å². The maximum absolute atomic E-state index is 11.6. The van der Waals surface area contributed by atoms with Crippen molar-refractivity contribution in [3.63, 3.8) is 0 Å². The number of carbonyl (C=O) groups is 1. The van der Waals surface area contributed by atoms with Crippen LogP contribution >= 0.6 is 0 Å². The molecule has 0 unspecified atom stereocenters. The predicted molar refractivity (Wildman–Crippen MR) is 70.0 cm³/mol. The van der Waals surface area contributed by atoms with Crippen molar-refractivity contribution >= 4 is 17.4 Å². The van der Waals surface area contributed by atoms with E-state index in [9.17, 15) is 4.79 Å². The average molecular weight is 263 g/mol. The first kappa shape index (κ1) is 13.3. The van der Waals surface area contributed by atoms with E-state index in [4.69, 9.17) is 4.74 Å². The summed E-state index contributed by atoms with van der Waals surface area (Å²) in [6.45, 7) is 6.77. The van der Waals surface area contributed by atoms with E-state index in [-0.39, 0.29) is 12.5 Å². The van der Waals surface area contributed by atoms with Crippen molar-refractivity contribution in [1.29, 1.82) is 0 Å². The molecule has 0 aliphatic carbocycles. The highest BCUT2D eigenvalue weighted by Crippen LogP contribution is 2.17. The number of rotatable bonds is 5. The molecular formula is C12H17N5O2. The molecular weight excluding hydrogens is 246 g/mol. The number of aryl methyl sites for hydroxylation is 1. The Morgan fingerprint density at radius 3 is 2.89 bits per heavy atom. The minimum Gasteiger partial charge on any atom is -0.465 e. The smallest absolute Gasteiger partial charge is 0.325 e. The lowest BCUT2D eigenvalue weighted by atomic mass is 10.4. The zero-order valence-electron chi connectivity index (χ0n) is 11.3. The summed E-state index contributed by atoms with van der Waals surface area (Å²) in [5.74, 6) is 1.15. The van der Waals surface area contributed by atoms with Crippen LogP contribution in [0.1, 0.15) is 19.7 Å². The van der Waals surface area contributed by atoms with Crippen LogP contribution in [0.5, 0.6) is 0 Å². The summed E-state index contributed by atoms with van der Waals surface area (Å²) in [5, 5.41) is 8.12. The quantitative estimate of drug-likeness (QED) is 0.744. The Bertz CT molecular complexity index is 581. The summed E-state index contributed by atoms with van der Waals surface area (Å²) in [7, 11) is 0. The minimum atomic E-state index is -0.274. The van der Waals surface area contributed by atoms with E-state index in [1.807, 2.05) is 23.1 Å². The van der Waals surface area contributed by atoms with Crippen molar-refractivity contribution < 1.29 is 9.53 Å². The van der Waals surface area contributed by atoms with Crippen molar-refractivity contribution in [3.8, 4) is 0 Å². The molecule has 0 saturated carbocycles. The maximum Gasteiger partial charge on any atom is 0.325 e. The predicted octanol–water partition coefficient (Wildman–Crippen LogP) is 0.822. The zero-order chi connectivity index (χ0) is 13.8. The lowest BCUT2D eigenvalue weighted by molar-refractivity contribution is -0.141. The zero-order valence-corrected chi connectivity index (χ0v) is 11.3. The number of fused-ring (bicyclic) bond motifs is 1. The van der Waals surface area contributed by atoms with Gasteiger partial charge in [-0.3, -0.25) is 9.20 Å². The fraction of sp³-hybridized carbons (Fsp3) is 0.500. The van der Waals surface area contributed by atoms with Gasteiger partial charge >= 0.3 is 5.97 Å². The van der Waals surface area contributed by atoms with Gasteiger partial charge in [-0.05, 0) is 20.8 Å². The molecule has 0 saturated heterocycles. The van der Waals surface area contributed by atoms with Crippen LogP contribution in [0.25, 0.3) is 5.65 Å². The van der Waals surface area contributed by atoms with E-state index < -0.39 is 0 Å². The number of hydrogen-bond donors (Lipinski definition) is 0. The van der Waals surface area contributed by atoms with Crippen LogP contribution in [-0.2, 0) is 9.53 Å². The van der Waals surface area contributed by atoms with E-state index in [1.165, 1.54) is 0 Å². The van der Waals surface area contributed by atoms with Crippen LogP contribution in [0.3, 0.4) is 0 Å². The summed E-state index contributed by atoms with van der Waals surface area (Å²) in [5.41, 5.74) is 0.645. The lowest BCUT2D eigenvalue weighted by Gasteiger charge is -2.20. The Morgan fingerprint density at radius 1 is 1.42 bits per heavy atom. The van der Waals surface area contributed by atoms with Crippen LogP contribution in [-0.4, -0.2) is 45.2 Å². The molecule has 0 radical (unpaired) electrons. The Morgan fingerprint density at radius 2 is 2.21 bits per heavy atom. The summed E-state index contributed by atoms with van der Waals surface area (Å²) >= 11 is 0. The number of carbonyl (C=O) groups excluding carboxylic acids is 1. The van der Waals surface area contributed by atoms with Crippen molar-refractivity contribution in [3.05, 3.63) is 18.2 Å². The van der Waals surface area contributed by atoms with Crippen LogP contribution in [0.4, 0.5) is 5.82 Å². The third kappa shape index (κ3) is 2.64. The Hall–Kier alpha value is -2.18. The number of ether oxygens (including phenoxy) is 1. The van der Waals surface area contributed by atoms with Crippen molar-refractivity contribution in [1.82, 2.24) is 19.6 Å². The van der Waals surface area contributed by atoms with Gasteiger partial charge in [0.2, 0.25) is 5.65 Å². The van der Waals surface area contributed by atoms with E-state index in [0.717, 1.165) is 5.82 Å². The van der Waals surface area contributed by atoms with Crippen LogP contribution in [0.2, 0.25) is 0 Å². The molecule has 102 valence electrons. The van der Waals surface area contributed by atoms with Gasteiger partial charge in [-0.1, -0.05) is 0 Å². The van der Waals surface area contributed by atoms with Gasteiger partial charge < -0.3 is 9.64 Å². The molecule has 0 N–H and O–H groups in total. The van der Waals surface area contributed by atoms with Crippen LogP contribution in [0, 0.1) is 6.92 Å². The van der Waals surface area contributed by atoms with E-state index in [2.05, 4.69) is 15.2 Å². The van der Waals surface area contributed by atoms with E-state index >= 15 is 0 Å². The first-order valence-corrected chi connectivity index (χ1v) is 6.24. The monoisotopic (exact) mass is 263 g/mol. The van der Waals surface area contributed by atoms with Crippen LogP contribution in [0.15, 0.2) is 12.4 Å². The highest BCUT2D eigenvalue weighted by molar-refractivity contribution is 5.77. The molecule has 0 fully saturated rings. The maximum atomic E-state index is 11.6. The molecule has 0 atom stereocenters. The fourth-order valence-electron chi connectivity index (χ4n) is 1.85. The molecule has 0 aliphatic heterocycles. The third-order valence-electron chi connectivity index (χ3n) is 2.79. The molecule has 0 bridgehead atoms. The molecule has 2 aromatic heterocycles. The van der Waals surface area contributed by atoms with Crippen LogP contribution < -0.4 is 4.90 Å². The minimum absolute atomic E-state index is 0.156. The molecule has 7 nitrogen and oxygen atoms in total. The van der Waals surface area contributed by atoms with Gasteiger partial charge in [-0.25, -0.2) is 4.98 Å². The van der Waals surface area contributed by atoms with Crippen molar-refractivity contribution in [2.45, 2.75) is 20.8 Å². The first-order chi connectivity index (χ1) is 9.17. The number of esters is 1. The number of likely N-dealkylation sites (N-methyl/N-ethyl adjacent to an activating group) is 1. The second-order valence-corrected chi connectivity index (χ2v) is 4.01. The Balaban J connectivity index is 2.32. The first-order valence-electron chi connectivity index (χ1n) is 6.24. The molecule has 2 rings (SSSR count). The largest absolute Gasteiger partial charge is 0.465 e. The molecule has 0 aromatic carbocycles. The summed E-state index contributed by atoms with van der Waals surface area (Å²) in [4.78, 5) is 17.7. The standard InChI is InChI=1S/C12H17N5O2/c1-4-16(8-10(18)19-5-2)11-12-15-14-9(3)17(12)7-6-13-11/h6-7H,4-5,8H2,1-3H3. The molecule has 19 heavy (non-hydrogen) atoms. The third-order valence-corrected chi connectivity index (χ3v) is 2.79. The summed E-state index contributed by atoms with van der Waals surface area (Å²) < 4.78 is 6.81. The van der Waals surface area contributed by atoms with Gasteiger partial charge in [-0.2, -0.15) is 0 Å². The molecule has 2 aromatic rings. The second-order valence-electron chi connectivity index (χ2n) is 4.01. The average Bonchev–Trinajstić information content (AvgIpc) is 2.78. The molecule has 2 heterocycles. The van der Waals surface area contributed by atoms with Crippen molar-refractivity contribution in [2.75, 3.05) is 24.6 Å². The second kappa shape index (κ2) is 5.64. The molecule has 0 amide bonds. The molecule has 0 spiro atoms. The van der Waals surface area contributed by atoms with Gasteiger partial charge in [0, 0.05) is 18.9 Å².